The number of hydrogen-bond acceptors (Lipinski definition) is 5. The number of benzene rings is 1. The van der Waals surface area contributed by atoms with Crippen LogP contribution >= 0.6 is 11.6 Å². The second-order valence-electron chi connectivity index (χ2n) is 13.1. The van der Waals surface area contributed by atoms with Gasteiger partial charge in [-0.2, -0.15) is 0 Å². The molecule has 0 aromatic heterocycles. The molecule has 9 unspecified atom stereocenters. The van der Waals surface area contributed by atoms with Gasteiger partial charge in [-0.05, 0) is 62.8 Å². The van der Waals surface area contributed by atoms with Crippen LogP contribution in [0, 0.1) is 29.5 Å². The highest BCUT2D eigenvalue weighted by Crippen LogP contribution is 2.55. The monoisotopic (exact) mass is 600 g/mol. The molecule has 1 aliphatic carbocycles. The summed E-state index contributed by atoms with van der Waals surface area (Å²) in [7, 11) is 0. The number of anilines is 1. The molecule has 3 saturated heterocycles. The molecule has 4 aliphatic heterocycles. The molecule has 2 N–H and O–H groups in total. The van der Waals surface area contributed by atoms with E-state index in [9.17, 15) is 18.8 Å². The van der Waals surface area contributed by atoms with Gasteiger partial charge in [-0.25, -0.2) is 4.39 Å². The van der Waals surface area contributed by atoms with Crippen molar-refractivity contribution in [2.45, 2.75) is 89.1 Å². The minimum absolute atomic E-state index is 0.0284. The molecule has 5 aliphatic rings. The fraction of sp³-hybridized carbons (Fsp3) is 0.656. The first-order valence-corrected chi connectivity index (χ1v) is 16.0. The van der Waals surface area contributed by atoms with Crippen LogP contribution in [0.3, 0.4) is 0 Å². The molecule has 0 radical (unpaired) electrons. The van der Waals surface area contributed by atoms with E-state index in [1.54, 1.807) is 4.90 Å². The third-order valence-corrected chi connectivity index (χ3v) is 11.0. The molecule has 3 amide bonds. The molecule has 8 nitrogen and oxygen atoms in total. The summed E-state index contributed by atoms with van der Waals surface area (Å²) in [4.78, 5) is 46.2. The van der Waals surface area contributed by atoms with Crippen LogP contribution in [-0.2, 0) is 19.1 Å². The molecule has 1 aromatic carbocycles. The van der Waals surface area contributed by atoms with E-state index < -0.39 is 41.3 Å². The van der Waals surface area contributed by atoms with Crippen molar-refractivity contribution >= 4 is 35.0 Å². The quantitative estimate of drug-likeness (QED) is 0.453. The summed E-state index contributed by atoms with van der Waals surface area (Å²) in [5.41, 5.74) is -0.881. The van der Waals surface area contributed by atoms with Crippen molar-refractivity contribution in [1.29, 1.82) is 0 Å². The molecule has 228 valence electrons. The summed E-state index contributed by atoms with van der Waals surface area (Å²) in [5, 5.41) is 6.02. The molecule has 4 heterocycles. The van der Waals surface area contributed by atoms with E-state index in [2.05, 4.69) is 36.3 Å². The topological polar surface area (TPSA) is 91.0 Å². The average molecular weight is 601 g/mol. The zero-order chi connectivity index (χ0) is 29.8. The Hall–Kier alpha value is -2.49. The van der Waals surface area contributed by atoms with E-state index in [-0.39, 0.29) is 22.9 Å². The highest BCUT2D eigenvalue weighted by Gasteiger charge is 2.72. The van der Waals surface area contributed by atoms with E-state index in [0.717, 1.165) is 38.6 Å². The van der Waals surface area contributed by atoms with Gasteiger partial charge in [0, 0.05) is 30.9 Å². The lowest BCUT2D eigenvalue weighted by Gasteiger charge is -2.39. The van der Waals surface area contributed by atoms with Crippen LogP contribution in [0.15, 0.2) is 30.4 Å². The van der Waals surface area contributed by atoms with Crippen molar-refractivity contribution in [3.63, 3.8) is 0 Å². The molecule has 42 heavy (non-hydrogen) atoms. The number of hydrogen-bond donors (Lipinski definition) is 2. The lowest BCUT2D eigenvalue weighted by Crippen LogP contribution is -2.58. The Labute approximate surface area is 252 Å². The number of amides is 3. The third kappa shape index (κ3) is 5.05. The molecule has 1 spiro atoms. The second kappa shape index (κ2) is 11.5. The number of carbonyl (C=O) groups is 3. The van der Waals surface area contributed by atoms with E-state index in [0.29, 0.717) is 36.7 Å². The van der Waals surface area contributed by atoms with E-state index >= 15 is 0 Å². The van der Waals surface area contributed by atoms with Gasteiger partial charge in [-0.15, -0.1) is 0 Å². The zero-order valence-corrected chi connectivity index (χ0v) is 25.4. The number of nitrogens with one attached hydrogen (secondary N) is 2. The molecule has 10 heteroatoms. The molecular formula is C32H42ClFN4O4. The predicted molar refractivity (Wildman–Crippen MR) is 158 cm³/mol. The number of ether oxygens (including phenoxy) is 1. The molecule has 1 aromatic rings. The average Bonchev–Trinajstić information content (AvgIpc) is 3.60. The molecule has 4 fully saturated rings. The third-order valence-electron chi connectivity index (χ3n) is 10.7. The number of piperidine rings is 1. The summed E-state index contributed by atoms with van der Waals surface area (Å²) < 4.78 is 20.2. The summed E-state index contributed by atoms with van der Waals surface area (Å²) in [6.07, 6.45) is 9.56. The van der Waals surface area contributed by atoms with Crippen LogP contribution < -0.4 is 10.6 Å². The highest BCUT2D eigenvalue weighted by atomic mass is 35.5. The van der Waals surface area contributed by atoms with Crippen molar-refractivity contribution < 1.29 is 23.5 Å². The number of carbonyl (C=O) groups excluding carboxylic acids is 3. The summed E-state index contributed by atoms with van der Waals surface area (Å²) in [6, 6.07) is 3.55. The first kappa shape index (κ1) is 29.6. The maximum Gasteiger partial charge on any atom is 0.246 e. The molecular weight excluding hydrogens is 559 g/mol. The number of halogens is 2. The predicted octanol–water partition coefficient (Wildman–Crippen LogP) is 4.38. The Kier molecular flexibility index (Phi) is 8.13. The van der Waals surface area contributed by atoms with Crippen molar-refractivity contribution in [3.8, 4) is 0 Å². The van der Waals surface area contributed by atoms with Gasteiger partial charge in [0.1, 0.15) is 17.5 Å². The molecule has 2 bridgehead atoms. The Morgan fingerprint density at radius 2 is 1.90 bits per heavy atom. The lowest BCUT2D eigenvalue weighted by molar-refractivity contribution is -0.142. The van der Waals surface area contributed by atoms with E-state index in [1.807, 2.05) is 12.2 Å². The number of likely N-dealkylation sites (tertiary alicyclic amines) is 2. The minimum Gasteiger partial charge on any atom is -0.359 e. The van der Waals surface area contributed by atoms with E-state index in [1.165, 1.54) is 24.6 Å². The lowest BCUT2D eigenvalue weighted by atomic mass is 9.73. The van der Waals surface area contributed by atoms with Crippen LogP contribution in [0.5, 0.6) is 0 Å². The highest BCUT2D eigenvalue weighted by molar-refractivity contribution is 6.31. The van der Waals surface area contributed by atoms with Crippen molar-refractivity contribution in [1.82, 2.24) is 15.1 Å². The van der Waals surface area contributed by atoms with Gasteiger partial charge < -0.3 is 20.3 Å². The Morgan fingerprint density at radius 1 is 1.10 bits per heavy atom. The summed E-state index contributed by atoms with van der Waals surface area (Å²) in [5.74, 6) is -2.26. The smallest absolute Gasteiger partial charge is 0.246 e. The largest absolute Gasteiger partial charge is 0.359 e. The molecule has 6 rings (SSSR count). The normalized spacial score (nSPS) is 37.6. The van der Waals surface area contributed by atoms with Gasteiger partial charge in [-0.3, -0.25) is 19.3 Å². The standard InChI is InChI=1S/C32H42ClFN4O4/c1-18-7-6-9-24(20(18)3)36-30(40)28-32-13-12-25(42-32)26(29(39)35-21-10-11-23(34)22(33)17-21)27(32)31(41)38(28)16-15-37-14-5-4-8-19(37)2/h10-13,17-20,24-28H,4-9,14-16H2,1-3H3,(H,35,39)(H,36,40). The van der Waals surface area contributed by atoms with Gasteiger partial charge in [0.05, 0.1) is 23.0 Å². The van der Waals surface area contributed by atoms with Crippen molar-refractivity contribution in [2.24, 2.45) is 23.7 Å². The Bertz CT molecular complexity index is 1280. The van der Waals surface area contributed by atoms with Crippen LogP contribution in [0.2, 0.25) is 5.02 Å². The van der Waals surface area contributed by atoms with Gasteiger partial charge in [0.2, 0.25) is 17.7 Å². The van der Waals surface area contributed by atoms with Crippen LogP contribution in [-0.4, -0.2) is 77.0 Å². The van der Waals surface area contributed by atoms with Crippen molar-refractivity contribution in [3.05, 3.63) is 41.2 Å². The first-order valence-electron chi connectivity index (χ1n) is 15.6. The van der Waals surface area contributed by atoms with Gasteiger partial charge in [0.25, 0.3) is 0 Å². The maximum atomic E-state index is 14.3. The molecule has 1 saturated carbocycles. The Morgan fingerprint density at radius 3 is 2.67 bits per heavy atom. The number of fused-ring (bicyclic) bond motifs is 1. The van der Waals surface area contributed by atoms with Crippen LogP contribution in [0.25, 0.3) is 0 Å². The van der Waals surface area contributed by atoms with Crippen LogP contribution in [0.4, 0.5) is 10.1 Å². The first-order chi connectivity index (χ1) is 20.1. The number of rotatable bonds is 7. The van der Waals surface area contributed by atoms with E-state index in [4.69, 9.17) is 16.3 Å². The van der Waals surface area contributed by atoms with Crippen LogP contribution in [0.1, 0.15) is 59.3 Å². The van der Waals surface area contributed by atoms with Crippen molar-refractivity contribution in [2.75, 3.05) is 25.0 Å². The fourth-order valence-corrected chi connectivity index (χ4v) is 8.26. The van der Waals surface area contributed by atoms with Gasteiger partial charge in [0.15, 0.2) is 0 Å². The zero-order valence-electron chi connectivity index (χ0n) is 24.7. The minimum atomic E-state index is -1.22. The van der Waals surface area contributed by atoms with Gasteiger partial charge in [-0.1, -0.05) is 56.9 Å². The summed E-state index contributed by atoms with van der Waals surface area (Å²) >= 11 is 5.94. The maximum absolute atomic E-state index is 14.3. The summed E-state index contributed by atoms with van der Waals surface area (Å²) in [6.45, 7) is 8.64. The second-order valence-corrected chi connectivity index (χ2v) is 13.5. The Balaban J connectivity index is 1.28. The SMILES string of the molecule is CC1CCCC(NC(=O)C2N(CCN3CCCCC3C)C(=O)C3C(C(=O)Nc4ccc(F)c(Cl)c4)C4C=CC32O4)C1C. The van der Waals surface area contributed by atoms with Gasteiger partial charge >= 0.3 is 0 Å². The fourth-order valence-electron chi connectivity index (χ4n) is 8.08. The number of nitrogens with zero attached hydrogens (tertiary/aromatic N) is 2. The molecule has 9 atom stereocenters.